The number of para-hydroxylation sites is 1. The molecule has 2 heterocycles. The lowest BCUT2D eigenvalue weighted by atomic mass is 9.92. The van der Waals surface area contributed by atoms with Crippen LogP contribution in [-0.2, 0) is 21.2 Å². The Kier molecular flexibility index (Phi) is 8.78. The van der Waals surface area contributed by atoms with Crippen molar-refractivity contribution < 1.29 is 18.3 Å². The molecule has 34 heavy (non-hydrogen) atoms. The first kappa shape index (κ1) is 26.2. The number of nitrogens with zero attached hydrogens (tertiary/aromatic N) is 2. The van der Waals surface area contributed by atoms with Gasteiger partial charge in [-0.25, -0.2) is 13.1 Å². The fraction of sp³-hybridized carbons (Fsp3) is 0.652. The molecule has 2 aliphatic heterocycles. The number of benzene rings is 1. The number of fused-ring (bicyclic) bond motifs is 1. The van der Waals surface area contributed by atoms with E-state index in [1.165, 1.54) is 0 Å². The zero-order chi connectivity index (χ0) is 24.9. The highest BCUT2D eigenvalue weighted by Crippen LogP contribution is 2.31. The number of hydrogen-bond donors (Lipinski definition) is 5. The Morgan fingerprint density at radius 2 is 2.09 bits per heavy atom. The monoisotopic (exact) mass is 494 g/mol. The van der Waals surface area contributed by atoms with E-state index in [0.29, 0.717) is 63.0 Å². The quantitative estimate of drug-likeness (QED) is 0.184. The lowest BCUT2D eigenvalue weighted by molar-refractivity contribution is -0.145. The number of carbonyl (C=O) groups is 1. The number of sulfonamides is 1. The summed E-state index contributed by atoms with van der Waals surface area (Å²) in [6.07, 6.45) is 3.30. The predicted molar refractivity (Wildman–Crippen MR) is 133 cm³/mol. The number of anilines is 1. The summed E-state index contributed by atoms with van der Waals surface area (Å²) in [7, 11) is -3.84. The molecule has 0 aliphatic carbocycles. The predicted octanol–water partition coefficient (Wildman–Crippen LogP) is 1.18. The number of piperidine rings is 1. The van der Waals surface area contributed by atoms with Gasteiger partial charge in [0.2, 0.25) is 10.0 Å². The van der Waals surface area contributed by atoms with Gasteiger partial charge in [-0.3, -0.25) is 14.7 Å². The van der Waals surface area contributed by atoms with Crippen LogP contribution >= 0.6 is 0 Å². The van der Waals surface area contributed by atoms with E-state index in [1.807, 2.05) is 11.0 Å². The summed E-state index contributed by atoms with van der Waals surface area (Å²) in [6, 6.07) is 4.24. The van der Waals surface area contributed by atoms with Gasteiger partial charge in [0.15, 0.2) is 5.96 Å². The van der Waals surface area contributed by atoms with Gasteiger partial charge in [-0.1, -0.05) is 26.0 Å². The minimum Gasteiger partial charge on any atom is -0.480 e. The van der Waals surface area contributed by atoms with E-state index in [-0.39, 0.29) is 10.9 Å². The summed E-state index contributed by atoms with van der Waals surface area (Å²) in [5.74, 6) is -0.136. The molecule has 1 aromatic carbocycles. The summed E-state index contributed by atoms with van der Waals surface area (Å²) in [4.78, 5) is 18.0. The average molecular weight is 495 g/mol. The van der Waals surface area contributed by atoms with Crippen LogP contribution in [0.15, 0.2) is 28.1 Å². The van der Waals surface area contributed by atoms with Crippen molar-refractivity contribution in [3.63, 3.8) is 0 Å². The molecule has 0 unspecified atom stereocenters. The smallest absolute Gasteiger partial charge is 0.320 e. The van der Waals surface area contributed by atoms with Crippen LogP contribution in [0.3, 0.4) is 0 Å². The molecule has 1 saturated heterocycles. The van der Waals surface area contributed by atoms with E-state index in [0.717, 1.165) is 18.4 Å². The third kappa shape index (κ3) is 6.83. The zero-order valence-electron chi connectivity index (χ0n) is 20.0. The first-order chi connectivity index (χ1) is 16.1. The van der Waals surface area contributed by atoms with E-state index in [2.05, 4.69) is 28.9 Å². The van der Waals surface area contributed by atoms with Crippen LogP contribution in [0, 0.1) is 11.8 Å². The number of likely N-dealkylation sites (tertiary alicyclic amines) is 1. The van der Waals surface area contributed by atoms with Crippen molar-refractivity contribution >= 4 is 27.6 Å². The maximum atomic E-state index is 13.5. The van der Waals surface area contributed by atoms with E-state index in [4.69, 9.17) is 11.5 Å². The highest BCUT2D eigenvalue weighted by Gasteiger charge is 2.34. The molecule has 0 aromatic heterocycles. The highest BCUT2D eigenvalue weighted by molar-refractivity contribution is 7.89. The molecule has 7 N–H and O–H groups in total. The molecule has 10 nitrogen and oxygen atoms in total. The van der Waals surface area contributed by atoms with Crippen molar-refractivity contribution in [3.8, 4) is 0 Å². The van der Waals surface area contributed by atoms with Crippen LogP contribution < -0.4 is 21.5 Å². The van der Waals surface area contributed by atoms with Gasteiger partial charge in [0, 0.05) is 25.7 Å². The Bertz CT molecular complexity index is 995. The molecular formula is C23H38N6O4S. The Labute approximate surface area is 202 Å². The van der Waals surface area contributed by atoms with E-state index in [9.17, 15) is 18.3 Å². The number of rotatable bonds is 10. The van der Waals surface area contributed by atoms with E-state index >= 15 is 0 Å². The van der Waals surface area contributed by atoms with Crippen molar-refractivity contribution in [1.29, 1.82) is 0 Å². The summed E-state index contributed by atoms with van der Waals surface area (Å²) < 4.78 is 29.8. The van der Waals surface area contributed by atoms with Gasteiger partial charge in [-0.05, 0) is 62.1 Å². The third-order valence-corrected chi connectivity index (χ3v) is 8.20. The summed E-state index contributed by atoms with van der Waals surface area (Å²) >= 11 is 0. The van der Waals surface area contributed by atoms with Gasteiger partial charge in [-0.2, -0.15) is 0 Å². The molecule has 190 valence electrons. The second-order valence-electron chi connectivity index (χ2n) is 9.73. The molecule has 4 atom stereocenters. The fourth-order valence-corrected chi connectivity index (χ4v) is 6.35. The molecule has 0 bridgehead atoms. The van der Waals surface area contributed by atoms with Gasteiger partial charge in [-0.15, -0.1) is 0 Å². The van der Waals surface area contributed by atoms with Gasteiger partial charge < -0.3 is 21.9 Å². The summed E-state index contributed by atoms with van der Waals surface area (Å²) in [5.41, 5.74) is 12.5. The van der Waals surface area contributed by atoms with Crippen molar-refractivity contribution in [1.82, 2.24) is 9.62 Å². The van der Waals surface area contributed by atoms with Crippen molar-refractivity contribution in [2.45, 2.75) is 62.9 Å². The summed E-state index contributed by atoms with van der Waals surface area (Å²) in [5, 5.41) is 13.0. The number of hydrogen-bond acceptors (Lipinski definition) is 6. The van der Waals surface area contributed by atoms with Gasteiger partial charge >= 0.3 is 5.97 Å². The highest BCUT2D eigenvalue weighted by atomic mass is 32.2. The first-order valence-corrected chi connectivity index (χ1v) is 13.5. The minimum absolute atomic E-state index is 0.00990. The number of nitrogens with two attached hydrogens (primary N) is 2. The Morgan fingerprint density at radius 3 is 2.79 bits per heavy atom. The molecule has 3 rings (SSSR count). The lowest BCUT2D eigenvalue weighted by Crippen LogP contribution is -2.52. The molecule has 1 fully saturated rings. The molecule has 11 heteroatoms. The van der Waals surface area contributed by atoms with Crippen LogP contribution in [-0.4, -0.2) is 68.6 Å². The van der Waals surface area contributed by atoms with Crippen LogP contribution in [0.25, 0.3) is 0 Å². The number of guanidine groups is 1. The average Bonchev–Trinajstić information content (AvgIpc) is 2.76. The molecular weight excluding hydrogens is 456 g/mol. The second-order valence-corrected chi connectivity index (χ2v) is 11.4. The normalized spacial score (nSPS) is 24.0. The van der Waals surface area contributed by atoms with Crippen molar-refractivity contribution in [3.05, 3.63) is 23.8 Å². The number of carboxylic acids is 1. The SMILES string of the molecule is C[C@@H]1CCN(C[C@H](CCCN=C(N)N)NS(=O)(=O)c2cccc3c2NC[C@H](C)C3)[C@@H](C(=O)O)C1. The van der Waals surface area contributed by atoms with E-state index in [1.54, 1.807) is 12.1 Å². The summed E-state index contributed by atoms with van der Waals surface area (Å²) in [6.45, 7) is 6.19. The van der Waals surface area contributed by atoms with Crippen LogP contribution in [0.5, 0.6) is 0 Å². The van der Waals surface area contributed by atoms with Crippen molar-refractivity contribution in [2.75, 3.05) is 31.5 Å². The minimum atomic E-state index is -3.84. The molecule has 0 amide bonds. The molecule has 0 saturated carbocycles. The number of aliphatic imine (C=N–C) groups is 1. The number of nitrogens with one attached hydrogen (secondary N) is 2. The number of carboxylic acid groups (broad SMARTS) is 1. The Morgan fingerprint density at radius 1 is 1.32 bits per heavy atom. The standard InChI is InChI=1S/C23H38N6O4S/c1-15-8-10-29(19(12-15)22(30)31)14-18(6-4-9-26-23(24)25)28-34(32,33)20-7-3-5-17-11-16(2)13-27-21(17)20/h3,5,7,15-16,18-19,27-28H,4,6,8-14H2,1-2H3,(H,30,31)(H4,24,25,26)/t15-,16-,18+,19-/m1/s1. The maximum Gasteiger partial charge on any atom is 0.320 e. The third-order valence-electron chi connectivity index (χ3n) is 6.64. The fourth-order valence-electron chi connectivity index (χ4n) is 4.86. The first-order valence-electron chi connectivity index (χ1n) is 12.0. The topological polar surface area (TPSA) is 163 Å². The number of aliphatic carboxylic acids is 1. The van der Waals surface area contributed by atoms with Gasteiger partial charge in [0.1, 0.15) is 10.9 Å². The Hall–Kier alpha value is -2.37. The lowest BCUT2D eigenvalue weighted by Gasteiger charge is -2.38. The molecule has 0 radical (unpaired) electrons. The molecule has 0 spiro atoms. The second kappa shape index (κ2) is 11.4. The van der Waals surface area contributed by atoms with Crippen LogP contribution in [0.2, 0.25) is 0 Å². The Balaban J connectivity index is 1.81. The zero-order valence-corrected chi connectivity index (χ0v) is 20.9. The maximum absolute atomic E-state index is 13.5. The largest absolute Gasteiger partial charge is 0.480 e. The van der Waals surface area contributed by atoms with Crippen molar-refractivity contribution in [2.24, 2.45) is 28.3 Å². The van der Waals surface area contributed by atoms with Gasteiger partial charge in [0.05, 0.1) is 5.69 Å². The van der Waals surface area contributed by atoms with Gasteiger partial charge in [0.25, 0.3) is 0 Å². The molecule has 1 aromatic rings. The van der Waals surface area contributed by atoms with Crippen LogP contribution in [0.1, 0.15) is 45.1 Å². The molecule has 2 aliphatic rings. The van der Waals surface area contributed by atoms with E-state index < -0.39 is 28.1 Å². The van der Waals surface area contributed by atoms with Crippen LogP contribution in [0.4, 0.5) is 5.69 Å².